The number of morpholine rings is 1. The molecule has 5 heterocycles. The molecule has 2 unspecified atom stereocenters. The molecule has 0 N–H and O–H groups in total. The molecule has 0 aliphatic carbocycles. The van der Waals surface area contributed by atoms with E-state index in [-0.39, 0.29) is 41.2 Å². The second kappa shape index (κ2) is 18.4. The number of amides is 1. The molecule has 13 heteroatoms. The first kappa shape index (κ1) is 43.7. The zero-order valence-electron chi connectivity index (χ0n) is 36.6. The third-order valence-corrected chi connectivity index (χ3v) is 13.7. The molecule has 3 aliphatic heterocycles. The number of hydrogen-bond donors (Lipinski definition) is 0. The van der Waals surface area contributed by atoms with Crippen LogP contribution in [0.25, 0.3) is 10.2 Å². The molecule has 2 aromatic heterocycles. The van der Waals surface area contributed by atoms with Gasteiger partial charge in [0, 0.05) is 62.7 Å². The molecule has 10 nitrogen and oxygen atoms in total. The predicted octanol–water partition coefficient (Wildman–Crippen LogP) is 9.67. The molecule has 3 saturated heterocycles. The van der Waals surface area contributed by atoms with Crippen molar-refractivity contribution in [1.82, 2.24) is 24.7 Å². The minimum atomic E-state index is -0.374. The van der Waals surface area contributed by atoms with Crippen LogP contribution in [0.3, 0.4) is 0 Å². The monoisotopic (exact) mass is 869 g/mol. The number of thiazole rings is 2. The first-order valence-corrected chi connectivity index (χ1v) is 23.5. The van der Waals surface area contributed by atoms with Crippen molar-refractivity contribution in [2.24, 2.45) is 0 Å². The number of likely N-dealkylation sites (tertiary alicyclic amines) is 1. The van der Waals surface area contributed by atoms with Gasteiger partial charge in [-0.2, -0.15) is 4.98 Å². The Labute approximate surface area is 368 Å². The van der Waals surface area contributed by atoms with Gasteiger partial charge in [-0.15, -0.1) is 11.3 Å². The minimum Gasteiger partial charge on any atom is -0.486 e. The maximum Gasteiger partial charge on any atom is 0.274 e. The minimum absolute atomic E-state index is 0.000628. The number of hydrogen-bond acceptors (Lipinski definition) is 11. The van der Waals surface area contributed by atoms with Gasteiger partial charge in [-0.1, -0.05) is 73.7 Å². The topological polar surface area (TPSA) is 92.8 Å². The molecule has 61 heavy (non-hydrogen) atoms. The van der Waals surface area contributed by atoms with E-state index < -0.39 is 0 Å². The van der Waals surface area contributed by atoms with Crippen molar-refractivity contribution in [2.75, 3.05) is 45.9 Å². The van der Waals surface area contributed by atoms with Crippen molar-refractivity contribution < 1.29 is 28.1 Å². The van der Waals surface area contributed by atoms with E-state index in [4.69, 9.17) is 23.9 Å². The summed E-state index contributed by atoms with van der Waals surface area (Å²) in [6.07, 6.45) is 2.17. The fraction of sp³-hybridized carbons (Fsp3) is 0.521. The summed E-state index contributed by atoms with van der Waals surface area (Å²) in [6.45, 7) is 20.6. The Kier molecular flexibility index (Phi) is 13.2. The number of carbonyl (C=O) groups is 1. The smallest absolute Gasteiger partial charge is 0.274 e. The van der Waals surface area contributed by atoms with E-state index in [1.165, 1.54) is 16.9 Å². The number of nitrogens with zero attached hydrogens (tertiary/aromatic N) is 5. The lowest BCUT2D eigenvalue weighted by molar-refractivity contribution is -0.128. The Morgan fingerprint density at radius 3 is 2.52 bits per heavy atom. The molecular formula is C48H60FN5O5S2. The summed E-state index contributed by atoms with van der Waals surface area (Å²) in [5, 5.41) is 3.50. The quantitative estimate of drug-likeness (QED) is 0.0955. The van der Waals surface area contributed by atoms with Gasteiger partial charge in [0.1, 0.15) is 40.6 Å². The van der Waals surface area contributed by atoms with Crippen molar-refractivity contribution >= 4 is 38.8 Å². The standard InChI is InChI=1S/C48H60FN5O5S2/c1-31(2)44-50-38(29-60-44)45(55)54-23-24-56-48(30-54)18-21-52(22-19-48)27-34-13-15-37(49)35(25-34)17-20-53(26-33-11-9-8-10-12-33)28-40-42(58-40)36-14-16-39(59-47(5,6)7)41-43(36)61-46(51-41)57-32(3)4/h8-16,25,29,31-32,40,42H,17-24,26-28,30H2,1-7H3. The van der Waals surface area contributed by atoms with Crippen molar-refractivity contribution in [3.8, 4) is 10.9 Å². The summed E-state index contributed by atoms with van der Waals surface area (Å²) >= 11 is 3.10. The van der Waals surface area contributed by atoms with Crippen LogP contribution in [0.1, 0.15) is 111 Å². The molecule has 0 radical (unpaired) electrons. The molecule has 0 saturated carbocycles. The van der Waals surface area contributed by atoms with Gasteiger partial charge in [0.15, 0.2) is 0 Å². The third-order valence-electron chi connectivity index (χ3n) is 11.6. The van der Waals surface area contributed by atoms with Gasteiger partial charge in [-0.3, -0.25) is 14.6 Å². The average Bonchev–Trinajstić information content (AvgIpc) is 3.56. The molecule has 2 atom stereocenters. The number of fused-ring (bicyclic) bond motifs is 1. The largest absolute Gasteiger partial charge is 0.486 e. The highest BCUT2D eigenvalue weighted by Gasteiger charge is 2.44. The first-order valence-electron chi connectivity index (χ1n) is 21.8. The molecule has 3 aromatic carbocycles. The van der Waals surface area contributed by atoms with Crippen molar-refractivity contribution in [2.45, 2.75) is 116 Å². The van der Waals surface area contributed by atoms with E-state index in [1.54, 1.807) is 17.4 Å². The number of aromatic nitrogens is 2. The number of carbonyl (C=O) groups excluding carboxylic acids is 1. The van der Waals surface area contributed by atoms with Crippen LogP contribution in [0.5, 0.6) is 10.9 Å². The third kappa shape index (κ3) is 10.8. The predicted molar refractivity (Wildman–Crippen MR) is 241 cm³/mol. The molecule has 1 spiro atoms. The zero-order valence-corrected chi connectivity index (χ0v) is 38.3. The molecule has 3 fully saturated rings. The normalized spacial score (nSPS) is 19.4. The van der Waals surface area contributed by atoms with Gasteiger partial charge in [0.05, 0.1) is 34.6 Å². The molecule has 5 aromatic rings. The molecule has 0 bridgehead atoms. The van der Waals surface area contributed by atoms with Gasteiger partial charge >= 0.3 is 0 Å². The maximum absolute atomic E-state index is 15.5. The SMILES string of the molecule is CC(C)Oc1nc2c(OC(C)(C)C)ccc(C3OC3CN(CCc3cc(CN4CCC5(CC4)CN(C(=O)c4csc(C(C)C)n4)CCO5)ccc3F)Cc3ccccc3)c2s1. The number of rotatable bonds is 15. The number of halogens is 1. The van der Waals surface area contributed by atoms with Crippen LogP contribution >= 0.6 is 22.7 Å². The summed E-state index contributed by atoms with van der Waals surface area (Å²) in [7, 11) is 0. The number of piperidine rings is 1. The van der Waals surface area contributed by atoms with Gasteiger partial charge in [-0.05, 0) is 82.7 Å². The highest BCUT2D eigenvalue weighted by Crippen LogP contribution is 2.47. The lowest BCUT2D eigenvalue weighted by atomic mass is 9.89. The van der Waals surface area contributed by atoms with Crippen molar-refractivity contribution in [3.63, 3.8) is 0 Å². The van der Waals surface area contributed by atoms with Crippen LogP contribution in [0.4, 0.5) is 4.39 Å². The lowest BCUT2D eigenvalue weighted by Crippen LogP contribution is -2.58. The fourth-order valence-electron chi connectivity index (χ4n) is 8.47. The second-order valence-electron chi connectivity index (χ2n) is 18.4. The van der Waals surface area contributed by atoms with E-state index in [0.717, 1.165) is 76.7 Å². The highest BCUT2D eigenvalue weighted by molar-refractivity contribution is 7.20. The summed E-state index contributed by atoms with van der Waals surface area (Å²) in [4.78, 5) is 29.6. The first-order chi connectivity index (χ1) is 29.2. The Hall–Kier alpha value is -3.98. The number of epoxide rings is 1. The fourth-order valence-corrected chi connectivity index (χ4v) is 10.4. The van der Waals surface area contributed by atoms with Gasteiger partial charge in [0.25, 0.3) is 11.1 Å². The van der Waals surface area contributed by atoms with E-state index >= 15 is 4.39 Å². The van der Waals surface area contributed by atoms with E-state index in [0.29, 0.717) is 56.0 Å². The van der Waals surface area contributed by atoms with E-state index in [2.05, 4.69) is 59.0 Å². The summed E-state index contributed by atoms with van der Waals surface area (Å²) in [6, 6.07) is 20.2. The summed E-state index contributed by atoms with van der Waals surface area (Å²) < 4.78 is 41.7. The lowest BCUT2D eigenvalue weighted by Gasteiger charge is -2.47. The van der Waals surface area contributed by atoms with Crippen LogP contribution in [0.2, 0.25) is 0 Å². The van der Waals surface area contributed by atoms with Crippen LogP contribution in [-0.4, -0.2) is 99.9 Å². The van der Waals surface area contributed by atoms with E-state index in [1.807, 2.05) is 69.2 Å². The molecule has 326 valence electrons. The van der Waals surface area contributed by atoms with Crippen molar-refractivity contribution in [3.05, 3.63) is 105 Å². The Bertz CT molecular complexity index is 2280. The Morgan fingerprint density at radius 1 is 1.02 bits per heavy atom. The van der Waals surface area contributed by atoms with Crippen LogP contribution in [0, 0.1) is 5.82 Å². The average molecular weight is 870 g/mol. The van der Waals surface area contributed by atoms with E-state index in [9.17, 15) is 4.79 Å². The van der Waals surface area contributed by atoms with Crippen LogP contribution < -0.4 is 9.47 Å². The van der Waals surface area contributed by atoms with Gasteiger partial charge < -0.3 is 23.8 Å². The maximum atomic E-state index is 15.5. The molecular weight excluding hydrogens is 810 g/mol. The van der Waals surface area contributed by atoms with Crippen LogP contribution in [0.15, 0.2) is 66.0 Å². The molecule has 8 rings (SSSR count). The van der Waals surface area contributed by atoms with Gasteiger partial charge in [0.2, 0.25) is 0 Å². The van der Waals surface area contributed by atoms with Gasteiger partial charge in [-0.25, -0.2) is 9.37 Å². The highest BCUT2D eigenvalue weighted by atomic mass is 32.1. The van der Waals surface area contributed by atoms with Crippen LogP contribution in [-0.2, 0) is 29.0 Å². The summed E-state index contributed by atoms with van der Waals surface area (Å²) in [5.41, 5.74) is 4.76. The zero-order chi connectivity index (χ0) is 42.9. The summed E-state index contributed by atoms with van der Waals surface area (Å²) in [5.74, 6) is 0.866. The van der Waals surface area contributed by atoms with Crippen molar-refractivity contribution in [1.29, 1.82) is 0 Å². The second-order valence-corrected chi connectivity index (χ2v) is 20.3. The molecule has 3 aliphatic rings. The number of benzene rings is 3. The Balaban J connectivity index is 0.902. The number of ether oxygens (including phenoxy) is 4. The molecule has 1 amide bonds. The Morgan fingerprint density at radius 2 is 1.80 bits per heavy atom.